The fourth-order valence-electron chi connectivity index (χ4n) is 9.76. The minimum atomic E-state index is -4.46. The topological polar surface area (TPSA) is 178 Å². The Labute approximate surface area is 384 Å². The van der Waals surface area contributed by atoms with Crippen LogP contribution in [0, 0.1) is 16.2 Å². The second-order valence-corrected chi connectivity index (χ2v) is 21.0. The van der Waals surface area contributed by atoms with Gasteiger partial charge in [-0.15, -0.1) is 4.91 Å². The number of nitroso groups, excluding NO2 is 1. The first-order valence-corrected chi connectivity index (χ1v) is 24.5. The van der Waals surface area contributed by atoms with Crippen molar-refractivity contribution in [2.75, 3.05) is 49.5 Å². The first-order valence-electron chi connectivity index (χ1n) is 22.6. The minimum Gasteiger partial charge on any atom is -0.390 e. The molecular formula is C49H56ClN9O5S. The quantitative estimate of drug-likeness (QED) is 0.0816. The number of amides is 1. The maximum Gasteiger partial charge on any atom is 0.267 e. The largest absolute Gasteiger partial charge is 0.390 e. The van der Waals surface area contributed by atoms with Crippen molar-refractivity contribution in [2.24, 2.45) is 16.5 Å². The highest BCUT2D eigenvalue weighted by Crippen LogP contribution is 2.44. The van der Waals surface area contributed by atoms with Crippen molar-refractivity contribution < 1.29 is 18.3 Å². The zero-order valence-electron chi connectivity index (χ0n) is 37.1. The summed E-state index contributed by atoms with van der Waals surface area (Å²) in [5.74, 6) is -0.568. The predicted molar refractivity (Wildman–Crippen MR) is 258 cm³/mol. The summed E-state index contributed by atoms with van der Waals surface area (Å²) in [6, 6.07) is 21.5. The number of aliphatic hydroxyl groups is 1. The van der Waals surface area contributed by atoms with Gasteiger partial charge < -0.3 is 20.3 Å². The second kappa shape index (κ2) is 18.0. The van der Waals surface area contributed by atoms with E-state index >= 15 is 0 Å². The first-order chi connectivity index (χ1) is 31.2. The van der Waals surface area contributed by atoms with E-state index in [1.54, 1.807) is 23.1 Å². The Bertz CT molecular complexity index is 2890. The van der Waals surface area contributed by atoms with E-state index in [-0.39, 0.29) is 27.5 Å². The van der Waals surface area contributed by atoms with Crippen molar-refractivity contribution >= 4 is 72.2 Å². The molecule has 0 unspecified atom stereocenters. The molecule has 4 N–H and O–H groups in total. The van der Waals surface area contributed by atoms with Crippen LogP contribution in [0.1, 0.15) is 88.1 Å². The van der Waals surface area contributed by atoms with E-state index < -0.39 is 21.5 Å². The zero-order chi connectivity index (χ0) is 45.5. The fraction of sp³-hybridized carbons (Fsp3) is 0.408. The molecule has 3 aromatic carbocycles. The normalized spacial score (nSPS) is 20.6. The third kappa shape index (κ3) is 9.56. The van der Waals surface area contributed by atoms with Crippen LogP contribution in [0.5, 0.6) is 0 Å². The van der Waals surface area contributed by atoms with Crippen molar-refractivity contribution in [3.05, 3.63) is 112 Å². The lowest BCUT2D eigenvalue weighted by molar-refractivity contribution is -0.0109. The van der Waals surface area contributed by atoms with Crippen LogP contribution in [-0.4, -0.2) is 88.9 Å². The predicted octanol–water partition coefficient (Wildman–Crippen LogP) is 9.60. The summed E-state index contributed by atoms with van der Waals surface area (Å²) in [5.41, 5.74) is 7.36. The van der Waals surface area contributed by atoms with E-state index in [1.807, 2.05) is 43.3 Å². The summed E-state index contributed by atoms with van der Waals surface area (Å²) >= 11 is 6.26. The van der Waals surface area contributed by atoms with Crippen LogP contribution in [0.4, 0.5) is 17.1 Å². The molecule has 1 saturated carbocycles. The lowest BCUT2D eigenvalue weighted by Gasteiger charge is -2.39. The van der Waals surface area contributed by atoms with Crippen LogP contribution < -0.4 is 14.9 Å². The van der Waals surface area contributed by atoms with Gasteiger partial charge >= 0.3 is 0 Å². The van der Waals surface area contributed by atoms with E-state index in [0.29, 0.717) is 53.9 Å². The fourth-order valence-corrected chi connectivity index (χ4v) is 10.9. The number of benzene rings is 3. The van der Waals surface area contributed by atoms with E-state index in [1.165, 1.54) is 34.9 Å². The molecule has 3 aliphatic rings. The van der Waals surface area contributed by atoms with Gasteiger partial charge in [-0.25, -0.2) is 22.8 Å². The van der Waals surface area contributed by atoms with Crippen LogP contribution in [0.2, 0.25) is 5.02 Å². The number of pyridine rings is 1. The third-order valence-electron chi connectivity index (χ3n) is 13.9. The number of aromatic nitrogens is 4. The Morgan fingerprint density at radius 1 is 0.985 bits per heavy atom. The number of fused-ring (bicyclic) bond motifs is 2. The summed E-state index contributed by atoms with van der Waals surface area (Å²) < 4.78 is 31.6. The van der Waals surface area contributed by atoms with E-state index in [4.69, 9.17) is 16.6 Å². The highest BCUT2D eigenvalue weighted by Gasteiger charge is 2.33. The van der Waals surface area contributed by atoms with E-state index in [2.05, 4.69) is 61.1 Å². The molecule has 2 fully saturated rings. The van der Waals surface area contributed by atoms with Crippen molar-refractivity contribution in [1.82, 2.24) is 29.4 Å². The molecule has 340 valence electrons. The molecule has 65 heavy (non-hydrogen) atoms. The van der Waals surface area contributed by atoms with Crippen LogP contribution in [-0.2, 0) is 10.0 Å². The number of halogens is 1. The molecule has 1 amide bonds. The Hall–Kier alpha value is -5.61. The maximum absolute atomic E-state index is 14.2. The number of sulfonamides is 1. The number of nitrogens with one attached hydrogen (secondary N) is 3. The molecule has 9 rings (SSSR count). The van der Waals surface area contributed by atoms with E-state index in [0.717, 1.165) is 80.9 Å². The molecule has 3 aromatic heterocycles. The summed E-state index contributed by atoms with van der Waals surface area (Å²) in [6.45, 7) is 11.3. The number of anilines is 2. The number of carbonyl (C=O) groups is 1. The molecule has 2 aliphatic carbocycles. The smallest absolute Gasteiger partial charge is 0.267 e. The number of allylic oxidation sites excluding steroid dienone is 1. The number of rotatable bonds is 13. The molecule has 1 aliphatic heterocycles. The monoisotopic (exact) mass is 917 g/mol. The Kier molecular flexibility index (Phi) is 12.3. The number of hydrogen-bond donors (Lipinski definition) is 4. The summed E-state index contributed by atoms with van der Waals surface area (Å²) in [7, 11) is -4.46. The Morgan fingerprint density at radius 2 is 1.75 bits per heavy atom. The van der Waals surface area contributed by atoms with Gasteiger partial charge in [-0.05, 0) is 140 Å². The van der Waals surface area contributed by atoms with Crippen molar-refractivity contribution in [2.45, 2.75) is 82.6 Å². The lowest BCUT2D eigenvalue weighted by Crippen LogP contribution is -2.47. The second-order valence-electron chi connectivity index (χ2n) is 18.9. The highest BCUT2D eigenvalue weighted by molar-refractivity contribution is 7.90. The van der Waals surface area contributed by atoms with Crippen LogP contribution in [0.15, 0.2) is 101 Å². The number of carbonyl (C=O) groups excluding carboxylic acids is 1. The van der Waals surface area contributed by atoms with Gasteiger partial charge in [0.15, 0.2) is 0 Å². The third-order valence-corrected chi connectivity index (χ3v) is 15.5. The minimum absolute atomic E-state index is 0.0840. The average molecular weight is 919 g/mol. The Morgan fingerprint density at radius 3 is 2.49 bits per heavy atom. The van der Waals surface area contributed by atoms with Gasteiger partial charge in [-0.1, -0.05) is 50.1 Å². The summed E-state index contributed by atoms with van der Waals surface area (Å²) in [6.07, 6.45) is 10.5. The van der Waals surface area contributed by atoms with Crippen molar-refractivity contribution in [3.63, 3.8) is 0 Å². The molecule has 1 saturated heterocycles. The first kappa shape index (κ1) is 44.6. The van der Waals surface area contributed by atoms with Crippen molar-refractivity contribution in [1.29, 1.82) is 0 Å². The van der Waals surface area contributed by atoms with E-state index in [9.17, 15) is 23.2 Å². The number of aromatic amines is 1. The van der Waals surface area contributed by atoms with Crippen LogP contribution in [0.3, 0.4) is 0 Å². The SMILES string of the molecule is CC[C@]1(O)CC[C@@H](CNc2ccc(S(=O)(=O)NC(=O)c3ccc(N4CCN(CC5=C(c6ccc(Cl)cc6)CC(C)(C)CC5)CC4)cc3-n3ncc4nc5[nH]ccc5cc43)cc2N=O)CC1. The molecule has 0 bridgehead atoms. The lowest BCUT2D eigenvalue weighted by atomic mass is 9.72. The molecule has 0 radical (unpaired) electrons. The molecule has 16 heteroatoms. The van der Waals surface area contributed by atoms with Gasteiger partial charge in [0.2, 0.25) is 0 Å². The number of hydrogen-bond acceptors (Lipinski definition) is 11. The zero-order valence-corrected chi connectivity index (χ0v) is 38.7. The molecule has 6 aromatic rings. The number of piperazine rings is 1. The summed E-state index contributed by atoms with van der Waals surface area (Å²) in [5, 5.41) is 23.3. The average Bonchev–Trinajstić information content (AvgIpc) is 3.95. The summed E-state index contributed by atoms with van der Waals surface area (Å²) in [4.78, 5) is 38.6. The molecular weight excluding hydrogens is 862 g/mol. The Balaban J connectivity index is 0.950. The maximum atomic E-state index is 14.2. The van der Waals surface area contributed by atoms with Gasteiger partial charge in [0.1, 0.15) is 16.9 Å². The van der Waals surface area contributed by atoms with Gasteiger partial charge in [-0.3, -0.25) is 9.69 Å². The van der Waals surface area contributed by atoms with Gasteiger partial charge in [-0.2, -0.15) is 5.10 Å². The molecule has 0 spiro atoms. The molecule has 4 heterocycles. The van der Waals surface area contributed by atoms with Crippen LogP contribution in [0.25, 0.3) is 33.3 Å². The molecule has 14 nitrogen and oxygen atoms in total. The highest BCUT2D eigenvalue weighted by atomic mass is 35.5. The van der Waals surface area contributed by atoms with Gasteiger partial charge in [0.25, 0.3) is 15.9 Å². The van der Waals surface area contributed by atoms with Gasteiger partial charge in [0, 0.05) is 61.6 Å². The number of H-pyrrole nitrogens is 1. The van der Waals surface area contributed by atoms with Gasteiger partial charge in [0.05, 0.1) is 39.1 Å². The standard InChI is InChI=1S/C49H56ClN9O5S/c1-4-49(61)18-13-32(14-19-49)29-52-41-12-10-38(27-42(41)55-62)65(63,64)56-47(60)39-11-9-37(26-44(39)59-45-25-34-16-20-51-46(34)54-43(45)30-53-59)58-23-21-57(22-24-58)31-35-15-17-48(2,3)28-40(35)33-5-7-36(50)8-6-33/h5-12,16,20,25-27,30,32,52,61H,4,13-15,17-19,21-24,28-29,31H2,1-3H3,(H,51,54)(H,56,60)/t32-,49+. The van der Waals surface area contributed by atoms with Crippen LogP contribution >= 0.6 is 11.6 Å². The number of nitrogens with zero attached hydrogens (tertiary/aromatic N) is 6. The molecule has 0 atom stereocenters. The van der Waals surface area contributed by atoms with Crippen molar-refractivity contribution in [3.8, 4) is 5.69 Å².